The molecule has 0 N–H and O–H groups in total. The Morgan fingerprint density at radius 3 is 2.44 bits per heavy atom. The first-order chi connectivity index (χ1) is 7.79. The smallest absolute Gasteiger partial charge is 0.0991 e. The Balaban J connectivity index is 2.27. The molecule has 0 aliphatic heterocycles. The van der Waals surface area contributed by atoms with E-state index < -0.39 is 0 Å². The predicted molar refractivity (Wildman–Crippen MR) is 66.5 cm³/mol. The average molecular weight is 225 g/mol. The highest BCUT2D eigenvalue weighted by atomic mass is 32.2. The Labute approximate surface area is 99.7 Å². The van der Waals surface area contributed by atoms with Crippen molar-refractivity contribution in [2.45, 2.75) is 16.7 Å². The maximum absolute atomic E-state index is 8.79. The molecule has 2 aromatic rings. The van der Waals surface area contributed by atoms with E-state index in [1.54, 1.807) is 11.8 Å². The molecule has 1 nitrogen and oxygen atoms in total. The molecule has 0 aliphatic carbocycles. The van der Waals surface area contributed by atoms with Gasteiger partial charge in [-0.1, -0.05) is 30.0 Å². The highest BCUT2D eigenvalue weighted by Crippen LogP contribution is 2.30. The van der Waals surface area contributed by atoms with Gasteiger partial charge in [-0.15, -0.1) is 0 Å². The summed E-state index contributed by atoms with van der Waals surface area (Å²) in [5, 5.41) is 8.79. The minimum atomic E-state index is 0.718. The minimum Gasteiger partial charge on any atom is -0.192 e. The molecule has 0 spiro atoms. The molecule has 16 heavy (non-hydrogen) atoms. The zero-order valence-electron chi connectivity index (χ0n) is 8.97. The van der Waals surface area contributed by atoms with E-state index in [1.165, 1.54) is 9.79 Å². The van der Waals surface area contributed by atoms with Gasteiger partial charge in [0, 0.05) is 9.79 Å². The molecular formula is C14H11NS. The molecule has 0 fully saturated rings. The predicted octanol–water partition coefficient (Wildman–Crippen LogP) is 4.02. The van der Waals surface area contributed by atoms with E-state index in [0.717, 1.165) is 11.1 Å². The van der Waals surface area contributed by atoms with Gasteiger partial charge in [-0.25, -0.2) is 0 Å². The number of benzene rings is 2. The minimum absolute atomic E-state index is 0.718. The van der Waals surface area contributed by atoms with Crippen LogP contribution in [0.3, 0.4) is 0 Å². The number of aryl methyl sites for hydroxylation is 1. The lowest BCUT2D eigenvalue weighted by Crippen LogP contribution is -1.82. The highest BCUT2D eigenvalue weighted by molar-refractivity contribution is 7.99. The van der Waals surface area contributed by atoms with Gasteiger partial charge in [0.1, 0.15) is 0 Å². The summed E-state index contributed by atoms with van der Waals surface area (Å²) in [4.78, 5) is 2.42. The molecule has 0 heterocycles. The van der Waals surface area contributed by atoms with E-state index in [0.29, 0.717) is 0 Å². The van der Waals surface area contributed by atoms with Gasteiger partial charge in [0.15, 0.2) is 0 Å². The van der Waals surface area contributed by atoms with Gasteiger partial charge in [0.05, 0.1) is 11.6 Å². The van der Waals surface area contributed by atoms with Crippen LogP contribution in [0.2, 0.25) is 0 Å². The van der Waals surface area contributed by atoms with Crippen molar-refractivity contribution in [3.63, 3.8) is 0 Å². The fourth-order valence-electron chi connectivity index (χ4n) is 1.45. The molecule has 0 amide bonds. The quantitative estimate of drug-likeness (QED) is 0.770. The zero-order chi connectivity index (χ0) is 11.4. The third kappa shape index (κ3) is 2.44. The molecule has 78 valence electrons. The fraction of sp³-hybridized carbons (Fsp3) is 0.0714. The van der Waals surface area contributed by atoms with E-state index in [-0.39, 0.29) is 0 Å². The number of hydrogen-bond acceptors (Lipinski definition) is 2. The zero-order valence-corrected chi connectivity index (χ0v) is 9.79. The van der Waals surface area contributed by atoms with E-state index in [9.17, 15) is 0 Å². The molecule has 0 aliphatic rings. The normalized spacial score (nSPS) is 9.75. The fourth-order valence-corrected chi connectivity index (χ4v) is 2.35. The lowest BCUT2D eigenvalue weighted by molar-refractivity contribution is 1.28. The summed E-state index contributed by atoms with van der Waals surface area (Å²) in [6, 6.07) is 18.2. The molecule has 0 atom stereocenters. The monoisotopic (exact) mass is 225 g/mol. The lowest BCUT2D eigenvalue weighted by Gasteiger charge is -2.05. The van der Waals surface area contributed by atoms with Crippen molar-refractivity contribution in [1.82, 2.24) is 0 Å². The third-order valence-corrected chi connectivity index (χ3v) is 3.46. The van der Waals surface area contributed by atoms with Gasteiger partial charge in [-0.05, 0) is 42.8 Å². The van der Waals surface area contributed by atoms with Crippen LogP contribution in [0.15, 0.2) is 58.3 Å². The largest absolute Gasteiger partial charge is 0.192 e. The van der Waals surface area contributed by atoms with Crippen molar-refractivity contribution in [3.8, 4) is 6.07 Å². The van der Waals surface area contributed by atoms with E-state index in [4.69, 9.17) is 5.26 Å². The van der Waals surface area contributed by atoms with Crippen LogP contribution in [-0.2, 0) is 0 Å². The number of rotatable bonds is 2. The highest BCUT2D eigenvalue weighted by Gasteiger charge is 2.01. The second kappa shape index (κ2) is 4.87. The summed E-state index contributed by atoms with van der Waals surface area (Å²) < 4.78 is 0. The lowest BCUT2D eigenvalue weighted by atomic mass is 10.2. The standard InChI is InChI=1S/C14H11NS/c1-11-9-12(10-15)7-8-14(11)16-13-5-3-2-4-6-13/h2-9H,1H3. The van der Waals surface area contributed by atoms with Crippen LogP contribution < -0.4 is 0 Å². The Morgan fingerprint density at radius 1 is 1.06 bits per heavy atom. The topological polar surface area (TPSA) is 23.8 Å². The van der Waals surface area contributed by atoms with Gasteiger partial charge >= 0.3 is 0 Å². The summed E-state index contributed by atoms with van der Waals surface area (Å²) in [6.45, 7) is 2.03. The number of nitriles is 1. The molecule has 2 aromatic carbocycles. The van der Waals surface area contributed by atoms with Gasteiger partial charge in [-0.2, -0.15) is 5.26 Å². The van der Waals surface area contributed by atoms with Crippen molar-refractivity contribution in [2.24, 2.45) is 0 Å². The Morgan fingerprint density at radius 2 is 1.81 bits per heavy atom. The second-order valence-corrected chi connectivity index (χ2v) is 4.62. The van der Waals surface area contributed by atoms with Crippen molar-refractivity contribution >= 4 is 11.8 Å². The first-order valence-electron chi connectivity index (χ1n) is 5.03. The van der Waals surface area contributed by atoms with Crippen LogP contribution in [0.4, 0.5) is 0 Å². The molecule has 0 saturated heterocycles. The van der Waals surface area contributed by atoms with Crippen LogP contribution in [-0.4, -0.2) is 0 Å². The first-order valence-corrected chi connectivity index (χ1v) is 5.85. The number of nitrogens with zero attached hydrogens (tertiary/aromatic N) is 1. The molecule has 0 radical (unpaired) electrons. The van der Waals surface area contributed by atoms with E-state index >= 15 is 0 Å². The molecule has 0 aromatic heterocycles. The van der Waals surface area contributed by atoms with Crippen molar-refractivity contribution in [3.05, 3.63) is 59.7 Å². The average Bonchev–Trinajstić information content (AvgIpc) is 2.33. The Kier molecular flexibility index (Phi) is 3.28. The Bertz CT molecular complexity index is 526. The first kappa shape index (κ1) is 10.8. The number of hydrogen-bond donors (Lipinski definition) is 0. The molecule has 0 saturated carbocycles. The van der Waals surface area contributed by atoms with Crippen LogP contribution in [0.5, 0.6) is 0 Å². The van der Waals surface area contributed by atoms with E-state index in [2.05, 4.69) is 18.2 Å². The summed E-state index contributed by atoms with van der Waals surface area (Å²) in [7, 11) is 0. The SMILES string of the molecule is Cc1cc(C#N)ccc1Sc1ccccc1. The van der Waals surface area contributed by atoms with Crippen LogP contribution in [0.1, 0.15) is 11.1 Å². The Hall–Kier alpha value is -1.72. The molecule has 2 heteroatoms. The van der Waals surface area contributed by atoms with Gasteiger partial charge in [-0.3, -0.25) is 0 Å². The van der Waals surface area contributed by atoms with Gasteiger partial charge in [0.2, 0.25) is 0 Å². The summed E-state index contributed by atoms with van der Waals surface area (Å²) in [5.41, 5.74) is 1.86. The van der Waals surface area contributed by atoms with Crippen LogP contribution in [0, 0.1) is 18.3 Å². The maximum Gasteiger partial charge on any atom is 0.0991 e. The maximum atomic E-state index is 8.79. The van der Waals surface area contributed by atoms with Crippen molar-refractivity contribution < 1.29 is 0 Å². The van der Waals surface area contributed by atoms with Gasteiger partial charge in [0.25, 0.3) is 0 Å². The van der Waals surface area contributed by atoms with Crippen molar-refractivity contribution in [1.29, 1.82) is 5.26 Å². The van der Waals surface area contributed by atoms with Crippen molar-refractivity contribution in [2.75, 3.05) is 0 Å². The molecule has 0 bridgehead atoms. The van der Waals surface area contributed by atoms with Gasteiger partial charge < -0.3 is 0 Å². The van der Waals surface area contributed by atoms with Crippen LogP contribution >= 0.6 is 11.8 Å². The van der Waals surface area contributed by atoms with E-state index in [1.807, 2.05) is 43.3 Å². The molecule has 2 rings (SSSR count). The second-order valence-electron chi connectivity index (χ2n) is 3.51. The molecule has 0 unspecified atom stereocenters. The third-order valence-electron chi connectivity index (χ3n) is 2.28. The van der Waals surface area contributed by atoms with Crippen LogP contribution in [0.25, 0.3) is 0 Å². The summed E-state index contributed by atoms with van der Waals surface area (Å²) in [5.74, 6) is 0. The summed E-state index contributed by atoms with van der Waals surface area (Å²) >= 11 is 1.72. The molecular weight excluding hydrogens is 214 g/mol. The summed E-state index contributed by atoms with van der Waals surface area (Å²) in [6.07, 6.45) is 0.